The van der Waals surface area contributed by atoms with E-state index in [1.807, 2.05) is 48.5 Å². The van der Waals surface area contributed by atoms with Crippen molar-refractivity contribution in [2.45, 2.75) is 12.3 Å². The summed E-state index contributed by atoms with van der Waals surface area (Å²) in [5.41, 5.74) is 2.08. The minimum absolute atomic E-state index is 0.0157. The van der Waals surface area contributed by atoms with E-state index in [9.17, 15) is 4.79 Å². The van der Waals surface area contributed by atoms with Crippen LogP contribution in [0.2, 0.25) is 10.0 Å². The van der Waals surface area contributed by atoms with Crippen LogP contribution in [0.25, 0.3) is 0 Å². The van der Waals surface area contributed by atoms with Gasteiger partial charge in [0.1, 0.15) is 0 Å². The molecule has 0 atom stereocenters. The van der Waals surface area contributed by atoms with Crippen LogP contribution in [0, 0.1) is 0 Å². The van der Waals surface area contributed by atoms with Gasteiger partial charge in [-0.3, -0.25) is 4.79 Å². The Bertz CT molecular complexity index is 601. The summed E-state index contributed by atoms with van der Waals surface area (Å²) in [5.74, 6) is 1.16. The van der Waals surface area contributed by atoms with Crippen molar-refractivity contribution in [3.8, 4) is 0 Å². The van der Waals surface area contributed by atoms with Crippen LogP contribution in [0.15, 0.2) is 48.5 Å². The standard InChI is InChI=1S/C16H15Cl2NOS/c17-14-7-5-12(6-8-14)9-19-16(20)11-21-10-13-3-1-2-4-15(13)18/h1-8H,9-11H2,(H,19,20). The molecule has 0 aliphatic rings. The molecular weight excluding hydrogens is 325 g/mol. The van der Waals surface area contributed by atoms with E-state index in [2.05, 4.69) is 5.32 Å². The van der Waals surface area contributed by atoms with E-state index in [-0.39, 0.29) is 5.91 Å². The van der Waals surface area contributed by atoms with Gasteiger partial charge in [0.2, 0.25) is 5.91 Å². The Morgan fingerprint density at radius 1 is 1.05 bits per heavy atom. The van der Waals surface area contributed by atoms with Crippen LogP contribution in [0.3, 0.4) is 0 Å². The number of thioether (sulfide) groups is 1. The lowest BCUT2D eigenvalue weighted by Gasteiger charge is -2.06. The quantitative estimate of drug-likeness (QED) is 0.836. The van der Waals surface area contributed by atoms with Gasteiger partial charge < -0.3 is 5.32 Å². The van der Waals surface area contributed by atoms with Gasteiger partial charge in [-0.2, -0.15) is 0 Å². The van der Waals surface area contributed by atoms with E-state index in [1.165, 1.54) is 0 Å². The van der Waals surface area contributed by atoms with Crippen molar-refractivity contribution in [3.63, 3.8) is 0 Å². The maximum atomic E-state index is 11.8. The SMILES string of the molecule is O=C(CSCc1ccccc1Cl)NCc1ccc(Cl)cc1. The molecule has 1 N–H and O–H groups in total. The van der Waals surface area contributed by atoms with Crippen LogP contribution in [-0.2, 0) is 17.1 Å². The van der Waals surface area contributed by atoms with Crippen molar-refractivity contribution in [1.82, 2.24) is 5.32 Å². The molecule has 0 aliphatic carbocycles. The molecule has 1 amide bonds. The van der Waals surface area contributed by atoms with Gasteiger partial charge in [0, 0.05) is 22.3 Å². The Kier molecular flexibility index (Phi) is 6.43. The Balaban J connectivity index is 1.70. The van der Waals surface area contributed by atoms with Crippen LogP contribution in [0.4, 0.5) is 0 Å². The van der Waals surface area contributed by atoms with E-state index in [4.69, 9.17) is 23.2 Å². The number of benzene rings is 2. The third-order valence-electron chi connectivity index (χ3n) is 2.85. The molecule has 5 heteroatoms. The molecule has 0 unspecified atom stereocenters. The predicted molar refractivity (Wildman–Crippen MR) is 90.9 cm³/mol. The topological polar surface area (TPSA) is 29.1 Å². The molecule has 0 fully saturated rings. The first kappa shape index (κ1) is 16.2. The second-order valence-electron chi connectivity index (χ2n) is 4.49. The molecule has 2 nitrogen and oxygen atoms in total. The summed E-state index contributed by atoms with van der Waals surface area (Å²) in [6, 6.07) is 15.1. The van der Waals surface area contributed by atoms with Crippen molar-refractivity contribution < 1.29 is 4.79 Å². The normalized spacial score (nSPS) is 10.4. The molecule has 0 aromatic heterocycles. The summed E-state index contributed by atoms with van der Waals surface area (Å²) in [5, 5.41) is 4.32. The molecule has 2 aromatic carbocycles. The molecule has 0 radical (unpaired) electrons. The molecule has 2 aromatic rings. The molecule has 0 bridgehead atoms. The lowest BCUT2D eigenvalue weighted by molar-refractivity contribution is -0.118. The van der Waals surface area contributed by atoms with Crippen LogP contribution in [-0.4, -0.2) is 11.7 Å². The molecule has 0 spiro atoms. The predicted octanol–water partition coefficient (Wildman–Crippen LogP) is 4.54. The zero-order chi connectivity index (χ0) is 15.1. The van der Waals surface area contributed by atoms with Gasteiger partial charge in [0.05, 0.1) is 5.75 Å². The van der Waals surface area contributed by atoms with Crippen molar-refractivity contribution in [3.05, 3.63) is 69.7 Å². The second kappa shape index (κ2) is 8.32. The third kappa shape index (κ3) is 5.62. The Morgan fingerprint density at radius 3 is 2.48 bits per heavy atom. The van der Waals surface area contributed by atoms with E-state index < -0.39 is 0 Å². The molecule has 0 aliphatic heterocycles. The average Bonchev–Trinajstić information content (AvgIpc) is 2.49. The summed E-state index contributed by atoms with van der Waals surface area (Å²) in [7, 11) is 0. The Hall–Kier alpha value is -1.16. The first-order valence-electron chi connectivity index (χ1n) is 6.47. The second-order valence-corrected chi connectivity index (χ2v) is 6.32. The Morgan fingerprint density at radius 2 is 1.76 bits per heavy atom. The smallest absolute Gasteiger partial charge is 0.230 e. The molecule has 0 saturated heterocycles. The average molecular weight is 340 g/mol. The van der Waals surface area contributed by atoms with Gasteiger partial charge in [0.15, 0.2) is 0 Å². The van der Waals surface area contributed by atoms with E-state index in [1.54, 1.807) is 11.8 Å². The number of carbonyl (C=O) groups is 1. The van der Waals surface area contributed by atoms with Gasteiger partial charge in [-0.05, 0) is 29.3 Å². The zero-order valence-corrected chi connectivity index (χ0v) is 13.6. The van der Waals surface area contributed by atoms with Crippen LogP contribution >= 0.6 is 35.0 Å². The number of amides is 1. The maximum Gasteiger partial charge on any atom is 0.230 e. The van der Waals surface area contributed by atoms with Crippen LogP contribution in [0.5, 0.6) is 0 Å². The number of hydrogen-bond donors (Lipinski definition) is 1. The fraction of sp³-hybridized carbons (Fsp3) is 0.188. The summed E-state index contributed by atoms with van der Waals surface area (Å²) >= 11 is 13.4. The summed E-state index contributed by atoms with van der Waals surface area (Å²) < 4.78 is 0. The fourth-order valence-electron chi connectivity index (χ4n) is 1.72. The molecule has 0 heterocycles. The van der Waals surface area contributed by atoms with Gasteiger partial charge >= 0.3 is 0 Å². The van der Waals surface area contributed by atoms with Gasteiger partial charge in [-0.1, -0.05) is 53.5 Å². The molecular formula is C16H15Cl2NOS. The Labute approximate surface area is 138 Å². The number of carbonyl (C=O) groups excluding carboxylic acids is 1. The van der Waals surface area contributed by atoms with E-state index in [0.717, 1.165) is 21.9 Å². The highest BCUT2D eigenvalue weighted by molar-refractivity contribution is 7.99. The van der Waals surface area contributed by atoms with Crippen LogP contribution < -0.4 is 5.32 Å². The largest absolute Gasteiger partial charge is 0.351 e. The van der Waals surface area contributed by atoms with Crippen LogP contribution in [0.1, 0.15) is 11.1 Å². The number of hydrogen-bond acceptors (Lipinski definition) is 2. The number of rotatable bonds is 6. The highest BCUT2D eigenvalue weighted by Gasteiger charge is 2.04. The molecule has 21 heavy (non-hydrogen) atoms. The monoisotopic (exact) mass is 339 g/mol. The van der Waals surface area contributed by atoms with Crippen molar-refractivity contribution in [2.75, 3.05) is 5.75 Å². The number of halogens is 2. The van der Waals surface area contributed by atoms with Gasteiger partial charge in [-0.15, -0.1) is 11.8 Å². The molecule has 0 saturated carbocycles. The van der Waals surface area contributed by atoms with Gasteiger partial charge in [0.25, 0.3) is 0 Å². The van der Waals surface area contributed by atoms with Crippen molar-refractivity contribution in [2.24, 2.45) is 0 Å². The first-order valence-corrected chi connectivity index (χ1v) is 8.38. The maximum absolute atomic E-state index is 11.8. The lowest BCUT2D eigenvalue weighted by Crippen LogP contribution is -2.24. The summed E-state index contributed by atoms with van der Waals surface area (Å²) in [4.78, 5) is 11.8. The third-order valence-corrected chi connectivity index (χ3v) is 4.45. The summed E-state index contributed by atoms with van der Waals surface area (Å²) in [6.45, 7) is 0.517. The fourth-order valence-corrected chi connectivity index (χ4v) is 2.99. The summed E-state index contributed by atoms with van der Waals surface area (Å²) in [6.07, 6.45) is 0. The number of nitrogens with one attached hydrogen (secondary N) is 1. The minimum atomic E-state index is 0.0157. The highest BCUT2D eigenvalue weighted by atomic mass is 35.5. The lowest BCUT2D eigenvalue weighted by atomic mass is 10.2. The molecule has 110 valence electrons. The first-order chi connectivity index (χ1) is 10.1. The molecule has 2 rings (SSSR count). The van der Waals surface area contributed by atoms with E-state index >= 15 is 0 Å². The van der Waals surface area contributed by atoms with Crippen molar-refractivity contribution >= 4 is 40.9 Å². The van der Waals surface area contributed by atoms with Crippen molar-refractivity contribution in [1.29, 1.82) is 0 Å². The minimum Gasteiger partial charge on any atom is -0.351 e. The van der Waals surface area contributed by atoms with Gasteiger partial charge in [-0.25, -0.2) is 0 Å². The van der Waals surface area contributed by atoms with E-state index in [0.29, 0.717) is 17.3 Å². The zero-order valence-electron chi connectivity index (χ0n) is 11.3. The highest BCUT2D eigenvalue weighted by Crippen LogP contribution is 2.20.